The molecule has 2 aliphatic rings. The summed E-state index contributed by atoms with van der Waals surface area (Å²) in [6.45, 7) is 2.87. The van der Waals surface area contributed by atoms with E-state index in [-0.39, 0.29) is 18.9 Å². The molecule has 0 aromatic carbocycles. The van der Waals surface area contributed by atoms with Gasteiger partial charge in [-0.3, -0.25) is 4.79 Å². The molecule has 1 amide bonds. The van der Waals surface area contributed by atoms with Crippen LogP contribution in [0.4, 0.5) is 0 Å². The van der Waals surface area contributed by atoms with E-state index in [0.717, 1.165) is 44.9 Å². The summed E-state index contributed by atoms with van der Waals surface area (Å²) in [7, 11) is 0. The van der Waals surface area contributed by atoms with Crippen LogP contribution in [-0.2, 0) is 23.7 Å². The van der Waals surface area contributed by atoms with E-state index < -0.39 is 86.8 Å². The van der Waals surface area contributed by atoms with Crippen LogP contribution in [0.25, 0.3) is 0 Å². The van der Waals surface area contributed by atoms with E-state index in [1.165, 1.54) is 308 Å². The summed E-state index contributed by atoms with van der Waals surface area (Å²) in [5.41, 5.74) is 0. The number of rotatable bonds is 66. The lowest BCUT2D eigenvalue weighted by atomic mass is 9.97. The van der Waals surface area contributed by atoms with Gasteiger partial charge in [0.25, 0.3) is 0 Å². The first kappa shape index (κ1) is 84.8. The van der Waals surface area contributed by atoms with Crippen molar-refractivity contribution in [1.29, 1.82) is 0 Å². The molecular formula is C76H147NO13. The number of amides is 1. The monoisotopic (exact) mass is 1280 g/mol. The van der Waals surface area contributed by atoms with Crippen molar-refractivity contribution in [3.63, 3.8) is 0 Å². The first-order valence-electron chi connectivity index (χ1n) is 38.9. The van der Waals surface area contributed by atoms with Gasteiger partial charge in [-0.25, -0.2) is 0 Å². The molecule has 0 bridgehead atoms. The topological polar surface area (TPSA) is 228 Å². The molecule has 0 spiro atoms. The Labute approximate surface area is 552 Å². The number of hydrogen-bond donors (Lipinski definition) is 9. The van der Waals surface area contributed by atoms with Crippen LogP contribution in [-0.4, -0.2) is 140 Å². The predicted molar refractivity (Wildman–Crippen MR) is 369 cm³/mol. The van der Waals surface area contributed by atoms with E-state index in [1.54, 1.807) is 6.08 Å². The highest BCUT2D eigenvalue weighted by Crippen LogP contribution is 2.30. The Morgan fingerprint density at radius 2 is 0.689 bits per heavy atom. The number of aliphatic hydroxyl groups is 8. The van der Waals surface area contributed by atoms with Crippen molar-refractivity contribution in [2.24, 2.45) is 0 Å². The lowest BCUT2D eigenvalue weighted by molar-refractivity contribution is -0.359. The van der Waals surface area contributed by atoms with E-state index >= 15 is 0 Å². The van der Waals surface area contributed by atoms with Crippen molar-refractivity contribution in [2.75, 3.05) is 19.8 Å². The molecule has 2 aliphatic heterocycles. The van der Waals surface area contributed by atoms with Crippen LogP contribution in [0.2, 0.25) is 0 Å². The average molecular weight is 1280 g/mol. The quantitative estimate of drug-likeness (QED) is 0.0204. The summed E-state index contributed by atoms with van der Waals surface area (Å²) >= 11 is 0. The van der Waals surface area contributed by atoms with E-state index in [1.807, 2.05) is 6.08 Å². The normalized spacial score (nSPS) is 22.9. The molecule has 2 saturated heterocycles. The first-order chi connectivity index (χ1) is 44.1. The zero-order valence-corrected chi connectivity index (χ0v) is 58.4. The van der Waals surface area contributed by atoms with Crippen molar-refractivity contribution in [3.05, 3.63) is 12.2 Å². The lowest BCUT2D eigenvalue weighted by Gasteiger charge is -2.46. The molecule has 534 valence electrons. The molecule has 2 fully saturated rings. The second-order valence-electron chi connectivity index (χ2n) is 27.9. The molecule has 0 saturated carbocycles. The van der Waals surface area contributed by atoms with E-state index in [4.69, 9.17) is 18.9 Å². The van der Waals surface area contributed by atoms with E-state index in [9.17, 15) is 45.6 Å². The Bertz CT molecular complexity index is 1560. The number of unbranched alkanes of at least 4 members (excludes halogenated alkanes) is 53. The number of carbonyl (C=O) groups excluding carboxylic acids is 1. The summed E-state index contributed by atoms with van der Waals surface area (Å²) in [5, 5.41) is 87.6. The zero-order valence-electron chi connectivity index (χ0n) is 58.4. The van der Waals surface area contributed by atoms with E-state index in [0.29, 0.717) is 0 Å². The Morgan fingerprint density at radius 1 is 0.389 bits per heavy atom. The van der Waals surface area contributed by atoms with Gasteiger partial charge in [0.15, 0.2) is 12.6 Å². The number of aliphatic hydroxyl groups excluding tert-OH is 8. The zero-order chi connectivity index (χ0) is 65.2. The maximum Gasteiger partial charge on any atom is 0.220 e. The lowest BCUT2D eigenvalue weighted by Crippen LogP contribution is -2.65. The SMILES string of the molecule is CCCCCCCCCCCCCCCCCCCCC/C=C/C(O)C(COC1OC(CO)C(OC2OC(CO)C(O)C(O)C2O)C(O)C1O)NC(=O)CCCCCCCCCCCCCCCCCCCCCCCCCCCCCCCCCCCCC. The molecule has 14 nitrogen and oxygen atoms in total. The fraction of sp³-hybridized carbons (Fsp3) is 0.961. The van der Waals surface area contributed by atoms with Gasteiger partial charge in [0.2, 0.25) is 5.91 Å². The highest BCUT2D eigenvalue weighted by Gasteiger charge is 2.51. The molecule has 0 aliphatic carbocycles. The Morgan fingerprint density at radius 3 is 1.02 bits per heavy atom. The second kappa shape index (κ2) is 61.3. The summed E-state index contributed by atoms with van der Waals surface area (Å²) in [5.74, 6) is -0.229. The second-order valence-corrected chi connectivity index (χ2v) is 27.9. The van der Waals surface area contributed by atoms with Crippen LogP contribution in [0.15, 0.2) is 12.2 Å². The van der Waals surface area contributed by atoms with Crippen molar-refractivity contribution >= 4 is 5.91 Å². The van der Waals surface area contributed by atoms with Crippen LogP contribution < -0.4 is 5.32 Å². The minimum atomic E-state index is -1.79. The fourth-order valence-corrected chi connectivity index (χ4v) is 13.3. The fourth-order valence-electron chi connectivity index (χ4n) is 13.3. The summed E-state index contributed by atoms with van der Waals surface area (Å²) in [4.78, 5) is 13.4. The summed E-state index contributed by atoms with van der Waals surface area (Å²) in [6, 6.07) is -0.912. The van der Waals surface area contributed by atoms with Gasteiger partial charge < -0.3 is 65.1 Å². The maximum absolute atomic E-state index is 13.4. The minimum Gasteiger partial charge on any atom is -0.394 e. The highest BCUT2D eigenvalue weighted by molar-refractivity contribution is 5.76. The largest absolute Gasteiger partial charge is 0.394 e. The third-order valence-electron chi connectivity index (χ3n) is 19.5. The van der Waals surface area contributed by atoms with Crippen LogP contribution in [0.1, 0.15) is 373 Å². The van der Waals surface area contributed by atoms with E-state index in [2.05, 4.69) is 19.2 Å². The number of ether oxygens (including phenoxy) is 4. The Kier molecular flexibility index (Phi) is 57.8. The first-order valence-corrected chi connectivity index (χ1v) is 38.9. The van der Waals surface area contributed by atoms with Crippen LogP contribution in [0.5, 0.6) is 0 Å². The van der Waals surface area contributed by atoms with Crippen LogP contribution >= 0.6 is 0 Å². The third-order valence-corrected chi connectivity index (χ3v) is 19.5. The number of allylic oxidation sites excluding steroid dienone is 1. The molecular weight excluding hydrogens is 1130 g/mol. The molecule has 14 heteroatoms. The van der Waals surface area contributed by atoms with Crippen molar-refractivity contribution < 1.29 is 64.6 Å². The predicted octanol–water partition coefficient (Wildman–Crippen LogP) is 16.9. The van der Waals surface area contributed by atoms with Gasteiger partial charge in [0.1, 0.15) is 48.8 Å². The van der Waals surface area contributed by atoms with Crippen LogP contribution in [0.3, 0.4) is 0 Å². The molecule has 12 unspecified atom stereocenters. The van der Waals surface area contributed by atoms with Crippen LogP contribution in [0, 0.1) is 0 Å². The van der Waals surface area contributed by atoms with Crippen molar-refractivity contribution in [3.8, 4) is 0 Å². The average Bonchev–Trinajstić information content (AvgIpc) is 2.48. The van der Waals surface area contributed by atoms with Gasteiger partial charge in [0, 0.05) is 6.42 Å². The van der Waals surface area contributed by atoms with Gasteiger partial charge in [-0.05, 0) is 19.3 Å². The summed E-state index contributed by atoms with van der Waals surface area (Å²) in [6.07, 6.45) is 60.1. The molecule has 0 aromatic rings. The van der Waals surface area contributed by atoms with Gasteiger partial charge in [0.05, 0.1) is 32.0 Å². The summed E-state index contributed by atoms with van der Waals surface area (Å²) < 4.78 is 22.9. The standard InChI is InChI=1S/C76H147NO13/c1-3-5-7-9-11-13-15-17-19-21-23-25-26-27-28-29-30-31-32-33-34-35-36-37-38-40-42-44-46-48-50-52-54-56-58-60-68(81)77-64(65(80)59-57-55-53-51-49-47-45-43-41-39-24-22-20-18-16-14-12-10-8-6-4-2)63-87-75-73(86)71(84)74(67(62-79)89-75)90-76-72(85)70(83)69(82)66(61-78)88-76/h57,59,64-67,69-76,78-80,82-86H,3-56,58,60-63H2,1-2H3,(H,77,81)/b59-57+. The van der Waals surface area contributed by atoms with Crippen molar-refractivity contribution in [2.45, 2.75) is 447 Å². The Balaban J connectivity index is 1.59. The molecule has 2 heterocycles. The van der Waals surface area contributed by atoms with Gasteiger partial charge in [-0.1, -0.05) is 360 Å². The van der Waals surface area contributed by atoms with Gasteiger partial charge >= 0.3 is 0 Å². The number of nitrogens with one attached hydrogen (secondary N) is 1. The van der Waals surface area contributed by atoms with Crippen molar-refractivity contribution in [1.82, 2.24) is 5.32 Å². The molecule has 0 aromatic heterocycles. The Hall–Kier alpha value is -1.27. The molecule has 0 radical (unpaired) electrons. The maximum atomic E-state index is 13.4. The number of hydrogen-bond acceptors (Lipinski definition) is 13. The molecule has 12 atom stereocenters. The molecule has 2 rings (SSSR count). The van der Waals surface area contributed by atoms with Gasteiger partial charge in [-0.2, -0.15) is 0 Å². The number of carbonyl (C=O) groups is 1. The minimum absolute atomic E-state index is 0.229. The van der Waals surface area contributed by atoms with Gasteiger partial charge in [-0.15, -0.1) is 0 Å². The smallest absolute Gasteiger partial charge is 0.220 e. The highest BCUT2D eigenvalue weighted by atomic mass is 16.7. The third kappa shape index (κ3) is 44.5. The molecule has 9 N–H and O–H groups in total. The molecule has 90 heavy (non-hydrogen) atoms.